The van der Waals surface area contributed by atoms with Gasteiger partial charge in [0.2, 0.25) is 0 Å². The molecule has 2 aromatic carbocycles. The average Bonchev–Trinajstić information content (AvgIpc) is 2.52. The molecule has 0 aliphatic heterocycles. The highest BCUT2D eigenvalue weighted by Gasteiger charge is 2.16. The molecule has 0 bridgehead atoms. The van der Waals surface area contributed by atoms with Crippen LogP contribution in [0.25, 0.3) is 0 Å². The fourth-order valence-electron chi connectivity index (χ4n) is 1.78. The van der Waals surface area contributed by atoms with Crippen LogP contribution in [0.5, 0.6) is 5.75 Å². The van der Waals surface area contributed by atoms with E-state index in [9.17, 15) is 14.9 Å². The summed E-state index contributed by atoms with van der Waals surface area (Å²) >= 11 is 0. The molecule has 2 rings (SSSR count). The number of ether oxygens (including phenoxy) is 2. The molecular weight excluding hydrogens is 274 g/mol. The second-order valence-electron chi connectivity index (χ2n) is 4.19. The SMILES string of the molecule is COc1ccc([N+](=O)[O-])c(COC(=O)c2ccccc2)c1. The lowest BCUT2D eigenvalue weighted by molar-refractivity contribution is -0.385. The third-order valence-corrected chi connectivity index (χ3v) is 2.85. The molecule has 0 heterocycles. The number of carbonyl (C=O) groups is 1. The molecule has 0 unspecified atom stereocenters. The van der Waals surface area contributed by atoms with Crippen molar-refractivity contribution in [2.24, 2.45) is 0 Å². The van der Waals surface area contributed by atoms with Crippen LogP contribution >= 0.6 is 0 Å². The summed E-state index contributed by atoms with van der Waals surface area (Å²) in [5, 5.41) is 11.0. The zero-order valence-electron chi connectivity index (χ0n) is 11.3. The van der Waals surface area contributed by atoms with Gasteiger partial charge in [-0.3, -0.25) is 10.1 Å². The van der Waals surface area contributed by atoms with Crippen molar-refractivity contribution in [2.45, 2.75) is 6.61 Å². The molecule has 0 aliphatic carbocycles. The Bertz CT molecular complexity index is 654. The summed E-state index contributed by atoms with van der Waals surface area (Å²) in [6.07, 6.45) is 0. The Morgan fingerprint density at radius 3 is 2.52 bits per heavy atom. The maximum absolute atomic E-state index is 11.8. The van der Waals surface area contributed by atoms with Gasteiger partial charge in [0.15, 0.2) is 0 Å². The third-order valence-electron chi connectivity index (χ3n) is 2.85. The Morgan fingerprint density at radius 1 is 1.19 bits per heavy atom. The van der Waals surface area contributed by atoms with Crippen LogP contribution in [0.15, 0.2) is 48.5 Å². The Kier molecular flexibility index (Phi) is 4.50. The van der Waals surface area contributed by atoms with Crippen LogP contribution < -0.4 is 4.74 Å². The highest BCUT2D eigenvalue weighted by molar-refractivity contribution is 5.89. The minimum absolute atomic E-state index is 0.114. The summed E-state index contributed by atoms with van der Waals surface area (Å²) in [6.45, 7) is -0.193. The van der Waals surface area contributed by atoms with E-state index < -0.39 is 10.9 Å². The lowest BCUT2D eigenvalue weighted by atomic mass is 10.2. The van der Waals surface area contributed by atoms with Crippen molar-refractivity contribution >= 4 is 11.7 Å². The van der Waals surface area contributed by atoms with Crippen LogP contribution in [0.4, 0.5) is 5.69 Å². The largest absolute Gasteiger partial charge is 0.497 e. The molecule has 108 valence electrons. The summed E-state index contributed by atoms with van der Waals surface area (Å²) in [6, 6.07) is 12.7. The van der Waals surface area contributed by atoms with Gasteiger partial charge in [0.25, 0.3) is 5.69 Å². The third kappa shape index (κ3) is 3.56. The molecule has 0 N–H and O–H groups in total. The molecule has 0 fully saturated rings. The Labute approximate surface area is 121 Å². The van der Waals surface area contributed by atoms with Crippen molar-refractivity contribution in [1.82, 2.24) is 0 Å². The fraction of sp³-hybridized carbons (Fsp3) is 0.133. The molecule has 6 nitrogen and oxygen atoms in total. The second kappa shape index (κ2) is 6.51. The first kappa shape index (κ1) is 14.5. The van der Waals surface area contributed by atoms with Gasteiger partial charge in [0.1, 0.15) is 12.4 Å². The Balaban J connectivity index is 2.15. The van der Waals surface area contributed by atoms with Crippen LogP contribution in [0.3, 0.4) is 0 Å². The summed E-state index contributed by atoms with van der Waals surface area (Å²) in [7, 11) is 1.46. The van der Waals surface area contributed by atoms with Gasteiger partial charge in [-0.1, -0.05) is 18.2 Å². The Hall–Kier alpha value is -2.89. The first-order valence-corrected chi connectivity index (χ1v) is 6.15. The van der Waals surface area contributed by atoms with Crippen molar-refractivity contribution in [1.29, 1.82) is 0 Å². The molecule has 0 amide bonds. The van der Waals surface area contributed by atoms with Gasteiger partial charge < -0.3 is 9.47 Å². The molecule has 0 spiro atoms. The molecule has 0 aromatic heterocycles. The standard InChI is InChI=1S/C15H13NO5/c1-20-13-7-8-14(16(18)19)12(9-13)10-21-15(17)11-5-3-2-4-6-11/h2-9H,10H2,1H3. The molecular formula is C15H13NO5. The van der Waals surface area contributed by atoms with E-state index >= 15 is 0 Å². The van der Waals surface area contributed by atoms with E-state index in [0.29, 0.717) is 11.3 Å². The van der Waals surface area contributed by atoms with E-state index in [0.717, 1.165) is 0 Å². The van der Waals surface area contributed by atoms with E-state index in [1.54, 1.807) is 30.3 Å². The zero-order valence-corrected chi connectivity index (χ0v) is 11.3. The van der Waals surface area contributed by atoms with Crippen LogP contribution in [-0.2, 0) is 11.3 Å². The first-order chi connectivity index (χ1) is 10.1. The van der Waals surface area contributed by atoms with Crippen molar-refractivity contribution in [3.05, 3.63) is 69.8 Å². The quantitative estimate of drug-likeness (QED) is 0.480. The van der Waals surface area contributed by atoms with E-state index in [-0.39, 0.29) is 17.9 Å². The maximum atomic E-state index is 11.8. The Morgan fingerprint density at radius 2 is 1.90 bits per heavy atom. The maximum Gasteiger partial charge on any atom is 0.338 e. The first-order valence-electron chi connectivity index (χ1n) is 6.15. The molecule has 0 atom stereocenters. The van der Waals surface area contributed by atoms with Crippen molar-refractivity contribution in [3.8, 4) is 5.75 Å². The summed E-state index contributed by atoms with van der Waals surface area (Å²) in [4.78, 5) is 22.3. The minimum Gasteiger partial charge on any atom is -0.497 e. The van der Waals surface area contributed by atoms with Gasteiger partial charge >= 0.3 is 5.97 Å². The van der Waals surface area contributed by atoms with Gasteiger partial charge in [0, 0.05) is 6.07 Å². The molecule has 6 heteroatoms. The number of hydrogen-bond acceptors (Lipinski definition) is 5. The molecule has 21 heavy (non-hydrogen) atoms. The molecule has 0 saturated heterocycles. The van der Waals surface area contributed by atoms with Crippen molar-refractivity contribution in [3.63, 3.8) is 0 Å². The van der Waals surface area contributed by atoms with Crippen LogP contribution in [-0.4, -0.2) is 18.0 Å². The van der Waals surface area contributed by atoms with E-state index in [1.807, 2.05) is 0 Å². The number of nitrogens with zero attached hydrogens (tertiary/aromatic N) is 1. The topological polar surface area (TPSA) is 78.7 Å². The minimum atomic E-state index is -0.535. The van der Waals surface area contributed by atoms with Gasteiger partial charge in [0.05, 0.1) is 23.2 Å². The number of methoxy groups -OCH3 is 1. The van der Waals surface area contributed by atoms with Gasteiger partial charge in [-0.2, -0.15) is 0 Å². The number of nitro groups is 1. The number of rotatable bonds is 5. The molecule has 0 aliphatic rings. The van der Waals surface area contributed by atoms with Crippen molar-refractivity contribution < 1.29 is 19.2 Å². The zero-order chi connectivity index (χ0) is 15.2. The predicted molar refractivity (Wildman–Crippen MR) is 75.2 cm³/mol. The number of carbonyl (C=O) groups excluding carboxylic acids is 1. The van der Waals surface area contributed by atoms with Crippen molar-refractivity contribution in [2.75, 3.05) is 7.11 Å². The van der Waals surface area contributed by atoms with Gasteiger partial charge in [-0.25, -0.2) is 4.79 Å². The predicted octanol–water partition coefficient (Wildman–Crippen LogP) is 2.96. The lowest BCUT2D eigenvalue weighted by Crippen LogP contribution is -2.06. The average molecular weight is 287 g/mol. The molecule has 2 aromatic rings. The molecule has 0 radical (unpaired) electrons. The normalized spacial score (nSPS) is 9.95. The number of benzene rings is 2. The smallest absolute Gasteiger partial charge is 0.338 e. The van der Waals surface area contributed by atoms with Crippen LogP contribution in [0.2, 0.25) is 0 Å². The van der Waals surface area contributed by atoms with E-state index in [2.05, 4.69) is 0 Å². The van der Waals surface area contributed by atoms with Crippen LogP contribution in [0.1, 0.15) is 15.9 Å². The highest BCUT2D eigenvalue weighted by Crippen LogP contribution is 2.24. The van der Waals surface area contributed by atoms with Gasteiger partial charge in [-0.05, 0) is 24.3 Å². The van der Waals surface area contributed by atoms with Crippen LogP contribution in [0, 0.1) is 10.1 Å². The summed E-state index contributed by atoms with van der Waals surface area (Å²) < 4.78 is 10.1. The van der Waals surface area contributed by atoms with Gasteiger partial charge in [-0.15, -0.1) is 0 Å². The molecule has 0 saturated carbocycles. The van der Waals surface area contributed by atoms with E-state index in [4.69, 9.17) is 9.47 Å². The number of hydrogen-bond donors (Lipinski definition) is 0. The summed E-state index contributed by atoms with van der Waals surface area (Å²) in [5.41, 5.74) is 0.559. The number of nitro benzene ring substituents is 1. The second-order valence-corrected chi connectivity index (χ2v) is 4.19. The number of esters is 1. The highest BCUT2D eigenvalue weighted by atomic mass is 16.6. The fourth-order valence-corrected chi connectivity index (χ4v) is 1.78. The lowest BCUT2D eigenvalue weighted by Gasteiger charge is -2.07. The van der Waals surface area contributed by atoms with E-state index in [1.165, 1.54) is 25.3 Å². The monoisotopic (exact) mass is 287 g/mol. The summed E-state index contributed by atoms with van der Waals surface area (Å²) in [5.74, 6) is -0.0703.